The number of hydrogen-bond acceptors (Lipinski definition) is 4. The van der Waals surface area contributed by atoms with E-state index >= 15 is 0 Å². The standard InChI is InChI=1S/C16H19BrN4/c1-11-10-15(20-14-9-5-4-8-13(14)17)21-16(18-11)19-12-6-2-3-7-12/h4-5,8-10,12H,2-3,6-7H2,1H3,(H2,18,19,20,21). The maximum atomic E-state index is 4.58. The third kappa shape index (κ3) is 3.73. The summed E-state index contributed by atoms with van der Waals surface area (Å²) in [6, 6.07) is 10.5. The molecule has 0 amide bonds. The van der Waals surface area contributed by atoms with Crippen LogP contribution < -0.4 is 10.6 Å². The molecule has 1 aromatic heterocycles. The summed E-state index contributed by atoms with van der Waals surface area (Å²) in [5.74, 6) is 1.53. The van der Waals surface area contributed by atoms with Crippen LogP contribution in [0.2, 0.25) is 0 Å². The summed E-state index contributed by atoms with van der Waals surface area (Å²) < 4.78 is 1.02. The van der Waals surface area contributed by atoms with Crippen LogP contribution in [0.25, 0.3) is 0 Å². The van der Waals surface area contributed by atoms with Crippen LogP contribution in [0, 0.1) is 6.92 Å². The van der Waals surface area contributed by atoms with Crippen molar-refractivity contribution in [3.8, 4) is 0 Å². The molecule has 3 rings (SSSR count). The number of rotatable bonds is 4. The van der Waals surface area contributed by atoms with Crippen LogP contribution >= 0.6 is 15.9 Å². The summed E-state index contributed by atoms with van der Waals surface area (Å²) in [7, 11) is 0. The van der Waals surface area contributed by atoms with Gasteiger partial charge in [-0.1, -0.05) is 25.0 Å². The smallest absolute Gasteiger partial charge is 0.225 e. The van der Waals surface area contributed by atoms with Gasteiger partial charge in [0.1, 0.15) is 5.82 Å². The number of halogens is 1. The quantitative estimate of drug-likeness (QED) is 0.846. The Bertz CT molecular complexity index is 623. The zero-order valence-electron chi connectivity index (χ0n) is 12.1. The van der Waals surface area contributed by atoms with E-state index in [9.17, 15) is 0 Å². The lowest BCUT2D eigenvalue weighted by atomic mass is 10.2. The molecule has 0 saturated heterocycles. The Morgan fingerprint density at radius 3 is 2.67 bits per heavy atom. The van der Waals surface area contributed by atoms with E-state index in [1.165, 1.54) is 25.7 Å². The van der Waals surface area contributed by atoms with E-state index in [1.54, 1.807) is 0 Å². The van der Waals surface area contributed by atoms with Crippen molar-refractivity contribution in [1.29, 1.82) is 0 Å². The summed E-state index contributed by atoms with van der Waals surface area (Å²) >= 11 is 3.54. The first-order valence-electron chi connectivity index (χ1n) is 7.34. The third-order valence-corrected chi connectivity index (χ3v) is 4.37. The molecule has 1 heterocycles. The molecule has 21 heavy (non-hydrogen) atoms. The predicted octanol–water partition coefficient (Wildman–Crippen LogP) is 4.65. The molecule has 1 aliphatic rings. The average molecular weight is 347 g/mol. The monoisotopic (exact) mass is 346 g/mol. The minimum atomic E-state index is 0.517. The fourth-order valence-electron chi connectivity index (χ4n) is 2.65. The number of para-hydroxylation sites is 1. The third-order valence-electron chi connectivity index (χ3n) is 3.68. The van der Waals surface area contributed by atoms with Gasteiger partial charge in [0.25, 0.3) is 0 Å². The molecule has 1 fully saturated rings. The van der Waals surface area contributed by atoms with Gasteiger partial charge < -0.3 is 10.6 Å². The van der Waals surface area contributed by atoms with Crippen molar-refractivity contribution in [2.75, 3.05) is 10.6 Å². The van der Waals surface area contributed by atoms with E-state index in [0.29, 0.717) is 6.04 Å². The van der Waals surface area contributed by atoms with Crippen molar-refractivity contribution < 1.29 is 0 Å². The van der Waals surface area contributed by atoms with Crippen molar-refractivity contribution in [3.63, 3.8) is 0 Å². The maximum absolute atomic E-state index is 4.58. The van der Waals surface area contributed by atoms with Crippen molar-refractivity contribution in [1.82, 2.24) is 9.97 Å². The number of aromatic nitrogens is 2. The first-order chi connectivity index (χ1) is 10.2. The Kier molecular flexibility index (Phi) is 4.39. The fourth-order valence-corrected chi connectivity index (χ4v) is 3.03. The number of benzene rings is 1. The molecule has 2 N–H and O–H groups in total. The van der Waals surface area contributed by atoms with E-state index in [0.717, 1.165) is 27.6 Å². The second kappa shape index (κ2) is 6.43. The molecule has 1 saturated carbocycles. The first-order valence-corrected chi connectivity index (χ1v) is 8.14. The zero-order chi connectivity index (χ0) is 14.7. The van der Waals surface area contributed by atoms with Gasteiger partial charge in [-0.15, -0.1) is 0 Å². The highest BCUT2D eigenvalue weighted by atomic mass is 79.9. The van der Waals surface area contributed by atoms with Crippen molar-refractivity contribution in [2.45, 2.75) is 38.6 Å². The van der Waals surface area contributed by atoms with E-state index in [4.69, 9.17) is 0 Å². The molecule has 2 aromatic rings. The van der Waals surface area contributed by atoms with Crippen LogP contribution in [0.5, 0.6) is 0 Å². The van der Waals surface area contributed by atoms with E-state index < -0.39 is 0 Å². The van der Waals surface area contributed by atoms with Gasteiger partial charge in [-0.05, 0) is 47.8 Å². The number of aryl methyl sites for hydroxylation is 1. The van der Waals surface area contributed by atoms with Gasteiger partial charge in [-0.3, -0.25) is 0 Å². The lowest BCUT2D eigenvalue weighted by Crippen LogP contribution is -2.17. The molecule has 0 aliphatic heterocycles. The molecule has 1 aromatic carbocycles. The molecular weight excluding hydrogens is 328 g/mol. The fraction of sp³-hybridized carbons (Fsp3) is 0.375. The number of nitrogens with one attached hydrogen (secondary N) is 2. The van der Waals surface area contributed by atoms with Crippen LogP contribution in [-0.2, 0) is 0 Å². The number of anilines is 3. The Labute approximate surface area is 133 Å². The predicted molar refractivity (Wildman–Crippen MR) is 90.1 cm³/mol. The molecule has 0 atom stereocenters. The topological polar surface area (TPSA) is 49.8 Å². The number of hydrogen-bond donors (Lipinski definition) is 2. The second-order valence-electron chi connectivity index (χ2n) is 5.45. The summed E-state index contributed by atoms with van der Waals surface area (Å²) in [4.78, 5) is 9.07. The van der Waals surface area contributed by atoms with Crippen molar-refractivity contribution >= 4 is 33.4 Å². The van der Waals surface area contributed by atoms with Crippen molar-refractivity contribution in [3.05, 3.63) is 40.5 Å². The highest BCUT2D eigenvalue weighted by Crippen LogP contribution is 2.26. The molecule has 1 aliphatic carbocycles. The lowest BCUT2D eigenvalue weighted by molar-refractivity contribution is 0.743. The van der Waals surface area contributed by atoms with Crippen LogP contribution in [0.1, 0.15) is 31.4 Å². The molecule has 110 valence electrons. The summed E-state index contributed by atoms with van der Waals surface area (Å²) in [6.07, 6.45) is 5.02. The Morgan fingerprint density at radius 1 is 1.14 bits per heavy atom. The van der Waals surface area contributed by atoms with Gasteiger partial charge in [-0.25, -0.2) is 4.98 Å². The largest absolute Gasteiger partial charge is 0.351 e. The Morgan fingerprint density at radius 2 is 1.90 bits per heavy atom. The Balaban J connectivity index is 1.79. The minimum Gasteiger partial charge on any atom is -0.351 e. The van der Waals surface area contributed by atoms with Gasteiger partial charge in [0, 0.05) is 22.3 Å². The van der Waals surface area contributed by atoms with Crippen LogP contribution in [0.3, 0.4) is 0 Å². The lowest BCUT2D eigenvalue weighted by Gasteiger charge is -2.14. The summed E-state index contributed by atoms with van der Waals surface area (Å²) in [5.41, 5.74) is 1.96. The highest BCUT2D eigenvalue weighted by Gasteiger charge is 2.16. The zero-order valence-corrected chi connectivity index (χ0v) is 13.7. The van der Waals surface area contributed by atoms with Crippen LogP contribution in [0.4, 0.5) is 17.5 Å². The molecule has 0 bridgehead atoms. The Hall–Kier alpha value is -1.62. The second-order valence-corrected chi connectivity index (χ2v) is 6.30. The molecule has 0 radical (unpaired) electrons. The molecule has 5 heteroatoms. The SMILES string of the molecule is Cc1cc(Nc2ccccc2Br)nc(NC2CCCC2)n1. The van der Waals surface area contributed by atoms with E-state index in [1.807, 2.05) is 37.3 Å². The highest BCUT2D eigenvalue weighted by molar-refractivity contribution is 9.10. The molecule has 4 nitrogen and oxygen atoms in total. The minimum absolute atomic E-state index is 0.517. The summed E-state index contributed by atoms with van der Waals surface area (Å²) in [5, 5.41) is 6.79. The van der Waals surface area contributed by atoms with Crippen LogP contribution in [0.15, 0.2) is 34.8 Å². The van der Waals surface area contributed by atoms with Gasteiger partial charge >= 0.3 is 0 Å². The molecule has 0 spiro atoms. The normalized spacial score (nSPS) is 15.1. The van der Waals surface area contributed by atoms with Crippen molar-refractivity contribution in [2.24, 2.45) is 0 Å². The van der Waals surface area contributed by atoms with Gasteiger partial charge in [0.15, 0.2) is 0 Å². The average Bonchev–Trinajstić information content (AvgIpc) is 2.93. The molecule has 0 unspecified atom stereocenters. The van der Waals surface area contributed by atoms with E-state index in [2.05, 4.69) is 36.5 Å². The van der Waals surface area contributed by atoms with Crippen LogP contribution in [-0.4, -0.2) is 16.0 Å². The van der Waals surface area contributed by atoms with E-state index in [-0.39, 0.29) is 0 Å². The number of nitrogens with zero attached hydrogens (tertiary/aromatic N) is 2. The van der Waals surface area contributed by atoms with Gasteiger partial charge in [0.2, 0.25) is 5.95 Å². The van der Waals surface area contributed by atoms with Gasteiger partial charge in [-0.2, -0.15) is 4.98 Å². The summed E-state index contributed by atoms with van der Waals surface area (Å²) in [6.45, 7) is 1.99. The van der Waals surface area contributed by atoms with Gasteiger partial charge in [0.05, 0.1) is 5.69 Å². The molecular formula is C16H19BrN4. The maximum Gasteiger partial charge on any atom is 0.225 e. The first kappa shape index (κ1) is 14.3.